The summed E-state index contributed by atoms with van der Waals surface area (Å²) in [5.74, 6) is -2.53. The van der Waals surface area contributed by atoms with Crippen molar-refractivity contribution in [2.24, 2.45) is 0 Å². The summed E-state index contributed by atoms with van der Waals surface area (Å²) in [7, 11) is 0. The van der Waals surface area contributed by atoms with Gasteiger partial charge in [0.15, 0.2) is 0 Å². The number of carbonyl (C=O) groups excluding carboxylic acids is 4. The Hall–Kier alpha value is -3.48. The predicted octanol–water partition coefficient (Wildman–Crippen LogP) is 1.76. The molecule has 25 heavy (non-hydrogen) atoms. The lowest BCUT2D eigenvalue weighted by atomic mass is 10.1. The maximum Gasteiger partial charge on any atom is 0.335 e. The van der Waals surface area contributed by atoms with Gasteiger partial charge in [-0.15, -0.1) is 6.58 Å². The molecule has 1 N–H and O–H groups in total. The molecule has 0 spiro atoms. The number of imide groups is 2. The molecule has 1 aliphatic heterocycles. The van der Waals surface area contributed by atoms with Gasteiger partial charge >= 0.3 is 17.8 Å². The minimum absolute atomic E-state index is 0.0772. The van der Waals surface area contributed by atoms with Gasteiger partial charge in [0.25, 0.3) is 0 Å². The van der Waals surface area contributed by atoms with Crippen molar-refractivity contribution in [2.75, 3.05) is 18.4 Å². The van der Waals surface area contributed by atoms with E-state index in [1.807, 2.05) is 30.3 Å². The van der Waals surface area contributed by atoms with Crippen molar-refractivity contribution in [2.45, 2.75) is 0 Å². The molecule has 1 aliphatic rings. The number of amides is 5. The van der Waals surface area contributed by atoms with Crippen LogP contribution in [0.2, 0.25) is 0 Å². The minimum Gasteiger partial charge on any atom is -0.325 e. The Balaban J connectivity index is 1.71. The topological polar surface area (TPSA) is 86.8 Å². The third-order valence-corrected chi connectivity index (χ3v) is 3.78. The molecular weight excluding hydrogens is 322 g/mol. The Labute approximate surface area is 143 Å². The highest BCUT2D eigenvalue weighted by Crippen LogP contribution is 2.19. The smallest absolute Gasteiger partial charge is 0.325 e. The number of rotatable bonds is 5. The standard InChI is InChI=1S/C18H15N3O4/c1-2-9-20-16(23)17(24)21(18(20)25)11-15(22)19-14-8-7-12-5-3-4-6-13(12)10-14/h2-8,10H,1,9,11H2,(H,19,22). The fraction of sp³-hybridized carbons (Fsp3) is 0.111. The van der Waals surface area contributed by atoms with Crippen LogP contribution in [0.3, 0.4) is 0 Å². The quantitative estimate of drug-likeness (QED) is 0.512. The second-order valence-corrected chi connectivity index (χ2v) is 5.49. The van der Waals surface area contributed by atoms with Gasteiger partial charge in [-0.05, 0) is 22.9 Å². The van der Waals surface area contributed by atoms with Crippen LogP contribution in [0, 0.1) is 0 Å². The second kappa shape index (κ2) is 6.56. The lowest BCUT2D eigenvalue weighted by Gasteiger charge is -2.14. The van der Waals surface area contributed by atoms with Crippen LogP contribution in [0.25, 0.3) is 10.8 Å². The van der Waals surface area contributed by atoms with E-state index >= 15 is 0 Å². The van der Waals surface area contributed by atoms with Gasteiger partial charge in [0.05, 0.1) is 0 Å². The summed E-state index contributed by atoms with van der Waals surface area (Å²) in [6, 6.07) is 12.2. The van der Waals surface area contributed by atoms with Gasteiger partial charge in [0, 0.05) is 12.2 Å². The van der Waals surface area contributed by atoms with E-state index in [-0.39, 0.29) is 6.54 Å². The Morgan fingerprint density at radius 3 is 2.40 bits per heavy atom. The van der Waals surface area contributed by atoms with E-state index in [0.717, 1.165) is 15.7 Å². The first kappa shape index (κ1) is 16.4. The maximum atomic E-state index is 12.2. The van der Waals surface area contributed by atoms with Crippen LogP contribution in [-0.4, -0.2) is 46.6 Å². The van der Waals surface area contributed by atoms with Crippen molar-refractivity contribution < 1.29 is 19.2 Å². The number of hydrogen-bond acceptors (Lipinski definition) is 4. The number of urea groups is 1. The van der Waals surface area contributed by atoms with E-state index in [9.17, 15) is 19.2 Å². The van der Waals surface area contributed by atoms with Gasteiger partial charge in [0.1, 0.15) is 6.54 Å². The molecule has 7 nitrogen and oxygen atoms in total. The van der Waals surface area contributed by atoms with Gasteiger partial charge in [0.2, 0.25) is 5.91 Å². The normalized spacial score (nSPS) is 14.3. The lowest BCUT2D eigenvalue weighted by Crippen LogP contribution is -2.39. The SMILES string of the molecule is C=CCN1C(=O)C(=O)N(CC(=O)Nc2ccc3ccccc3c2)C1=O. The molecule has 3 rings (SSSR count). The molecule has 2 aromatic rings. The maximum absolute atomic E-state index is 12.2. The van der Waals surface area contributed by atoms with Crippen LogP contribution in [0.15, 0.2) is 55.1 Å². The third-order valence-electron chi connectivity index (χ3n) is 3.78. The number of hydrogen-bond donors (Lipinski definition) is 1. The minimum atomic E-state index is -1.01. The lowest BCUT2D eigenvalue weighted by molar-refractivity contribution is -0.143. The van der Waals surface area contributed by atoms with Crippen molar-refractivity contribution in [1.82, 2.24) is 9.80 Å². The molecule has 0 aromatic heterocycles. The summed E-state index contributed by atoms with van der Waals surface area (Å²) >= 11 is 0. The van der Waals surface area contributed by atoms with Crippen LogP contribution in [0.1, 0.15) is 0 Å². The first-order valence-electron chi connectivity index (χ1n) is 7.58. The first-order chi connectivity index (χ1) is 12.0. The molecule has 5 amide bonds. The van der Waals surface area contributed by atoms with Gasteiger partial charge < -0.3 is 5.32 Å². The molecule has 1 heterocycles. The van der Waals surface area contributed by atoms with Gasteiger partial charge in [-0.3, -0.25) is 19.3 Å². The highest BCUT2D eigenvalue weighted by molar-refractivity contribution is 6.45. The van der Waals surface area contributed by atoms with Crippen molar-refractivity contribution in [1.29, 1.82) is 0 Å². The zero-order valence-electron chi connectivity index (χ0n) is 13.3. The summed E-state index contributed by atoms with van der Waals surface area (Å²) < 4.78 is 0. The number of carbonyl (C=O) groups is 4. The number of nitrogens with zero attached hydrogens (tertiary/aromatic N) is 2. The number of nitrogens with one attached hydrogen (secondary N) is 1. The highest BCUT2D eigenvalue weighted by atomic mass is 16.2. The van der Waals surface area contributed by atoms with Crippen LogP contribution >= 0.6 is 0 Å². The molecule has 126 valence electrons. The Bertz CT molecular complexity index is 906. The molecule has 1 saturated heterocycles. The van der Waals surface area contributed by atoms with E-state index < -0.39 is 30.3 Å². The molecule has 0 unspecified atom stereocenters. The zero-order chi connectivity index (χ0) is 18.0. The molecule has 0 aliphatic carbocycles. The molecule has 0 bridgehead atoms. The van der Waals surface area contributed by atoms with E-state index in [1.165, 1.54) is 6.08 Å². The van der Waals surface area contributed by atoms with E-state index in [2.05, 4.69) is 11.9 Å². The number of anilines is 1. The van der Waals surface area contributed by atoms with Gasteiger partial charge in [-0.25, -0.2) is 9.69 Å². The molecule has 0 atom stereocenters. The monoisotopic (exact) mass is 337 g/mol. The molecule has 2 aromatic carbocycles. The highest BCUT2D eigenvalue weighted by Gasteiger charge is 2.44. The van der Waals surface area contributed by atoms with Crippen LogP contribution < -0.4 is 5.32 Å². The van der Waals surface area contributed by atoms with Crippen molar-refractivity contribution >= 4 is 40.2 Å². The third kappa shape index (κ3) is 3.12. The predicted molar refractivity (Wildman–Crippen MR) is 91.6 cm³/mol. The fourth-order valence-electron chi connectivity index (χ4n) is 2.59. The average Bonchev–Trinajstić information content (AvgIpc) is 2.80. The first-order valence-corrected chi connectivity index (χ1v) is 7.58. The Morgan fingerprint density at radius 2 is 1.68 bits per heavy atom. The molecule has 1 fully saturated rings. The summed E-state index contributed by atoms with van der Waals surface area (Å²) in [5, 5.41) is 4.60. The van der Waals surface area contributed by atoms with Crippen LogP contribution in [0.5, 0.6) is 0 Å². The zero-order valence-corrected chi connectivity index (χ0v) is 13.3. The van der Waals surface area contributed by atoms with Crippen LogP contribution in [-0.2, 0) is 14.4 Å². The average molecular weight is 337 g/mol. The van der Waals surface area contributed by atoms with Crippen molar-refractivity contribution in [3.8, 4) is 0 Å². The number of fused-ring (bicyclic) bond motifs is 1. The molecule has 7 heteroatoms. The van der Waals surface area contributed by atoms with E-state index in [1.54, 1.807) is 12.1 Å². The second-order valence-electron chi connectivity index (χ2n) is 5.49. The van der Waals surface area contributed by atoms with E-state index in [4.69, 9.17) is 0 Å². The molecular formula is C18H15N3O4. The summed E-state index contributed by atoms with van der Waals surface area (Å²) in [6.45, 7) is 2.83. The van der Waals surface area contributed by atoms with Crippen LogP contribution in [0.4, 0.5) is 10.5 Å². The Morgan fingerprint density at radius 1 is 1.00 bits per heavy atom. The molecule has 0 radical (unpaired) electrons. The Kier molecular flexibility index (Phi) is 4.30. The molecule has 0 saturated carbocycles. The summed E-state index contributed by atoms with van der Waals surface area (Å²) in [6.07, 6.45) is 1.34. The van der Waals surface area contributed by atoms with Gasteiger partial charge in [-0.2, -0.15) is 0 Å². The van der Waals surface area contributed by atoms with Crippen molar-refractivity contribution in [3.63, 3.8) is 0 Å². The number of benzene rings is 2. The van der Waals surface area contributed by atoms with E-state index in [0.29, 0.717) is 10.6 Å². The van der Waals surface area contributed by atoms with Gasteiger partial charge in [-0.1, -0.05) is 36.4 Å². The van der Waals surface area contributed by atoms with Crippen molar-refractivity contribution in [3.05, 3.63) is 55.1 Å². The summed E-state index contributed by atoms with van der Waals surface area (Å²) in [4.78, 5) is 49.2. The fourth-order valence-corrected chi connectivity index (χ4v) is 2.59. The largest absolute Gasteiger partial charge is 0.335 e. The summed E-state index contributed by atoms with van der Waals surface area (Å²) in [5.41, 5.74) is 0.539.